The molecule has 0 rings (SSSR count). The molecule has 2 amide bonds. The number of alkyl halides is 22. The lowest BCUT2D eigenvalue weighted by atomic mass is 9.95. The molecule has 0 aliphatic heterocycles. The quantitative estimate of drug-likeness (QED) is 0.134. The van der Waals surface area contributed by atoms with E-state index in [4.69, 9.17) is 0 Å². The molecule has 0 aromatic rings. The maximum Gasteiger partial charge on any atom is 0.384 e. The van der Waals surface area contributed by atoms with E-state index in [1.807, 2.05) is 0 Å². The zero-order valence-corrected chi connectivity index (χ0v) is 20.8. The van der Waals surface area contributed by atoms with Gasteiger partial charge in [0.05, 0.1) is 19.5 Å². The highest BCUT2D eigenvalue weighted by atomic mass is 19.4. The van der Waals surface area contributed by atoms with Gasteiger partial charge < -0.3 is 10.6 Å². The molecule has 26 heteroatoms. The molecule has 0 aliphatic rings. The van der Waals surface area contributed by atoms with Gasteiger partial charge >= 0.3 is 60.2 Å². The van der Waals surface area contributed by atoms with E-state index in [-0.39, 0.29) is 0 Å². The number of amides is 2. The number of halogens is 22. The van der Waals surface area contributed by atoms with Crippen LogP contribution in [0, 0.1) is 0 Å². The summed E-state index contributed by atoms with van der Waals surface area (Å²) in [7, 11) is 0. The lowest BCUT2D eigenvalue weighted by molar-refractivity contribution is -0.390. The van der Waals surface area contributed by atoms with Gasteiger partial charge in [-0.25, -0.2) is 26.3 Å². The molecular weight excluding hydrogens is 706 g/mol. The van der Waals surface area contributed by atoms with Gasteiger partial charge in [0.2, 0.25) is 11.8 Å². The van der Waals surface area contributed by atoms with Crippen molar-refractivity contribution in [3.8, 4) is 0 Å². The van der Waals surface area contributed by atoms with Crippen LogP contribution in [0.1, 0.15) is 6.42 Å². The zero-order valence-electron chi connectivity index (χ0n) is 20.8. The summed E-state index contributed by atoms with van der Waals surface area (Å²) in [4.78, 5) is 23.2. The summed E-state index contributed by atoms with van der Waals surface area (Å²) >= 11 is 0. The number of rotatable bonds is 17. The molecule has 0 aromatic heterocycles. The maximum absolute atomic E-state index is 13.7. The first-order valence-corrected chi connectivity index (χ1v) is 10.7. The van der Waals surface area contributed by atoms with Crippen molar-refractivity contribution in [2.45, 2.75) is 79.0 Å². The van der Waals surface area contributed by atoms with E-state index in [2.05, 4.69) is 6.58 Å². The highest BCUT2D eigenvalue weighted by Crippen LogP contribution is 2.56. The third-order valence-corrected chi connectivity index (χ3v) is 5.41. The van der Waals surface area contributed by atoms with Crippen molar-refractivity contribution in [1.82, 2.24) is 10.6 Å². The Hall–Kier alpha value is -2.86. The number of hydrogen-bond donors (Lipinski definition) is 2. The van der Waals surface area contributed by atoms with Crippen molar-refractivity contribution in [3.05, 3.63) is 12.2 Å². The van der Waals surface area contributed by atoms with E-state index in [0.29, 0.717) is 0 Å². The second-order valence-electron chi connectivity index (χ2n) is 8.62. The summed E-state index contributed by atoms with van der Waals surface area (Å²) in [5.41, 5.74) is -1.42. The van der Waals surface area contributed by atoms with Crippen molar-refractivity contribution in [2.75, 3.05) is 13.1 Å². The predicted octanol–water partition coefficient (Wildman–Crippen LogP) is 6.45. The van der Waals surface area contributed by atoms with E-state index < -0.39 is 109 Å². The Labute approximate surface area is 234 Å². The summed E-state index contributed by atoms with van der Waals surface area (Å²) in [6, 6.07) is 0. The Morgan fingerprint density at radius 1 is 0.489 bits per heavy atom. The molecule has 0 saturated heterocycles. The van der Waals surface area contributed by atoms with Gasteiger partial charge in [0.1, 0.15) is 0 Å². The van der Waals surface area contributed by atoms with Crippen LogP contribution >= 0.6 is 0 Å². The van der Waals surface area contributed by atoms with Crippen molar-refractivity contribution in [1.29, 1.82) is 0 Å². The van der Waals surface area contributed by atoms with Crippen molar-refractivity contribution in [2.24, 2.45) is 0 Å². The smallest absolute Gasteiger partial charge is 0.353 e. The minimum atomic E-state index is -7.61. The fourth-order valence-corrected chi connectivity index (χ4v) is 2.61. The summed E-state index contributed by atoms with van der Waals surface area (Å²) in [6.45, 7) is -2.47. The average molecular weight is 720 g/mol. The molecule has 4 nitrogen and oxygen atoms in total. The van der Waals surface area contributed by atoms with Crippen LogP contribution in [-0.2, 0) is 9.59 Å². The molecule has 266 valence electrons. The zero-order chi connectivity index (χ0) is 36.6. The van der Waals surface area contributed by atoms with Crippen LogP contribution in [0.4, 0.5) is 96.6 Å². The molecule has 0 aromatic carbocycles. The summed E-state index contributed by atoms with van der Waals surface area (Å²) in [5.74, 6) is -62.7. The van der Waals surface area contributed by atoms with E-state index >= 15 is 0 Å². The Morgan fingerprint density at radius 2 is 0.756 bits per heavy atom. The fraction of sp³-hybridized carbons (Fsp3) is 0.789. The van der Waals surface area contributed by atoms with Crippen molar-refractivity contribution in [3.63, 3.8) is 0 Å². The van der Waals surface area contributed by atoms with Crippen LogP contribution < -0.4 is 10.6 Å². The molecule has 2 atom stereocenters. The average Bonchev–Trinajstić information content (AvgIpc) is 2.88. The van der Waals surface area contributed by atoms with Gasteiger partial charge in [-0.15, -0.1) is 0 Å². The molecule has 2 unspecified atom stereocenters. The van der Waals surface area contributed by atoms with Crippen LogP contribution in [0.15, 0.2) is 12.2 Å². The third kappa shape index (κ3) is 7.26. The van der Waals surface area contributed by atoms with Crippen LogP contribution in [-0.4, -0.2) is 97.5 Å². The second kappa shape index (κ2) is 13.1. The monoisotopic (exact) mass is 720 g/mol. The summed E-state index contributed by atoms with van der Waals surface area (Å²) < 4.78 is 287. The Balaban J connectivity index is 5.43. The van der Waals surface area contributed by atoms with Crippen LogP contribution in [0.25, 0.3) is 0 Å². The molecule has 45 heavy (non-hydrogen) atoms. The predicted molar refractivity (Wildman–Crippen MR) is 101 cm³/mol. The molecular formula is C19H14F22N2O2. The Kier molecular flexibility index (Phi) is 12.3. The van der Waals surface area contributed by atoms with E-state index in [1.165, 1.54) is 0 Å². The molecule has 0 spiro atoms. The minimum Gasteiger partial charge on any atom is -0.353 e. The van der Waals surface area contributed by atoms with Gasteiger partial charge in [0.25, 0.3) is 0 Å². The molecule has 0 radical (unpaired) electrons. The molecule has 0 fully saturated rings. The summed E-state index contributed by atoms with van der Waals surface area (Å²) in [6.07, 6.45) is -22.6. The van der Waals surface area contributed by atoms with Crippen LogP contribution in [0.5, 0.6) is 0 Å². The first kappa shape index (κ1) is 42.1. The van der Waals surface area contributed by atoms with Gasteiger partial charge in [0, 0.05) is 5.57 Å². The highest BCUT2D eigenvalue weighted by molar-refractivity contribution is 5.98. The van der Waals surface area contributed by atoms with Crippen molar-refractivity contribution >= 4 is 11.8 Å². The standard InChI is InChI=1S/C19H14F22N2O2/c1-5(9(45)43-4-7(21)13(28,29)17(36,37)19(40,41)15(32,33)11(24)25)2-8(44)42-3-6(20)12(26,27)16(34,35)18(38,39)14(30,31)10(22)23/h6-7,10-11H,1-4H2,(H,42,44)(H,43,45). The lowest BCUT2D eigenvalue weighted by Crippen LogP contribution is -2.67. The Bertz CT molecular complexity index is 1070. The minimum absolute atomic E-state index is 0.831. The van der Waals surface area contributed by atoms with E-state index in [9.17, 15) is 106 Å². The summed E-state index contributed by atoms with van der Waals surface area (Å²) in [5, 5.41) is 1.68. The van der Waals surface area contributed by atoms with Gasteiger partial charge in [-0.2, -0.15) is 70.2 Å². The third-order valence-electron chi connectivity index (χ3n) is 5.41. The largest absolute Gasteiger partial charge is 0.384 e. The van der Waals surface area contributed by atoms with Gasteiger partial charge in [0.15, 0.2) is 12.3 Å². The second-order valence-corrected chi connectivity index (χ2v) is 8.62. The van der Waals surface area contributed by atoms with Crippen LogP contribution in [0.2, 0.25) is 0 Å². The van der Waals surface area contributed by atoms with Crippen molar-refractivity contribution < 1.29 is 106 Å². The number of nitrogens with one attached hydrogen (secondary N) is 2. The number of carbonyl (C=O) groups is 2. The maximum atomic E-state index is 13.7. The molecule has 0 aliphatic carbocycles. The first-order chi connectivity index (χ1) is 19.6. The lowest BCUT2D eigenvalue weighted by Gasteiger charge is -2.37. The molecule has 0 saturated carbocycles. The van der Waals surface area contributed by atoms with Gasteiger partial charge in [-0.3, -0.25) is 9.59 Å². The van der Waals surface area contributed by atoms with Gasteiger partial charge in [-0.1, -0.05) is 6.58 Å². The molecule has 2 N–H and O–H groups in total. The Morgan fingerprint density at radius 3 is 1.04 bits per heavy atom. The van der Waals surface area contributed by atoms with E-state index in [1.54, 1.807) is 0 Å². The molecule has 0 bridgehead atoms. The van der Waals surface area contributed by atoms with Crippen LogP contribution in [0.3, 0.4) is 0 Å². The fourth-order valence-electron chi connectivity index (χ4n) is 2.61. The number of carbonyl (C=O) groups excluding carboxylic acids is 2. The van der Waals surface area contributed by atoms with Gasteiger partial charge in [-0.05, 0) is 0 Å². The first-order valence-electron chi connectivity index (χ1n) is 10.7. The molecule has 0 heterocycles. The van der Waals surface area contributed by atoms with E-state index in [0.717, 1.165) is 10.6 Å². The highest BCUT2D eigenvalue weighted by Gasteiger charge is 2.85. The topological polar surface area (TPSA) is 58.2 Å². The SMILES string of the molecule is C=C(CC(=O)NCC(F)C(F)(F)C(F)(F)C(F)(F)C(F)(F)C(F)F)C(=O)NCC(F)C(F)(F)C(F)(F)C(F)(F)C(F)(F)C(F)F. The normalized spacial score (nSPS) is 16.1. The number of hydrogen-bond acceptors (Lipinski definition) is 2.